The molecule has 33 heavy (non-hydrogen) atoms. The van der Waals surface area contributed by atoms with Crippen molar-refractivity contribution in [3.05, 3.63) is 46.3 Å². The molecule has 0 aliphatic heterocycles. The Morgan fingerprint density at radius 3 is 2.48 bits per heavy atom. The first-order valence-corrected chi connectivity index (χ1v) is 12.9. The summed E-state index contributed by atoms with van der Waals surface area (Å²) in [7, 11) is 0. The lowest BCUT2D eigenvalue weighted by molar-refractivity contribution is -0.144. The van der Waals surface area contributed by atoms with Crippen molar-refractivity contribution in [2.24, 2.45) is 27.6 Å². The Labute approximate surface area is 200 Å². The first-order chi connectivity index (χ1) is 15.4. The molecule has 0 aromatic carbocycles. The van der Waals surface area contributed by atoms with Crippen LogP contribution < -0.4 is 0 Å². The van der Waals surface area contributed by atoms with Crippen molar-refractivity contribution in [2.75, 3.05) is 0 Å². The molecule has 3 heteroatoms. The summed E-state index contributed by atoms with van der Waals surface area (Å²) in [6.45, 7) is 13.6. The number of nitrogens with zero attached hydrogens (tertiary/aromatic N) is 1. The summed E-state index contributed by atoms with van der Waals surface area (Å²) in [5, 5.41) is 20.2. The maximum atomic E-state index is 12.1. The van der Waals surface area contributed by atoms with Crippen LogP contribution in [0, 0.1) is 38.9 Å². The number of aliphatic hydroxyl groups is 1. The Balaban J connectivity index is 1.75. The molecule has 1 N–H and O–H groups in total. The molecule has 3 fully saturated rings. The first kappa shape index (κ1) is 24.1. The smallest absolute Gasteiger partial charge is 0.220 e. The molecule has 0 aromatic heterocycles. The van der Waals surface area contributed by atoms with Gasteiger partial charge in [-0.15, -0.1) is 0 Å². The van der Waals surface area contributed by atoms with E-state index in [1.165, 1.54) is 37.7 Å². The summed E-state index contributed by atoms with van der Waals surface area (Å²) < 4.78 is 0. The van der Waals surface area contributed by atoms with Crippen LogP contribution in [0.5, 0.6) is 0 Å². The molecule has 0 unspecified atom stereocenters. The van der Waals surface area contributed by atoms with E-state index in [1.807, 2.05) is 6.92 Å². The van der Waals surface area contributed by atoms with Crippen molar-refractivity contribution in [1.82, 2.24) is 0 Å². The Morgan fingerprint density at radius 1 is 1.12 bits per heavy atom. The number of hydrogen-bond donors (Lipinski definition) is 1. The molecule has 3 nitrogen and oxygen atoms in total. The standard InChI is InChI=1S/C30H41NO2/c1-7-21-17-24(32)26(33)20(2)23(21)11-10-22-9-8-12-30(6)25-18-27(3,19-31)13-14-28(25,4)15-16-29(22,30)5/h10-11,17,25,33H,7-9,12-16,18H2,1-6H3/b22-10+,23-11-/t25-,27-,28-,29-,30+/m1/s1. The number of aliphatic hydroxyl groups excluding tert-OH is 1. The average molecular weight is 448 g/mol. The molecule has 0 aromatic rings. The third-order valence-corrected chi connectivity index (χ3v) is 10.6. The zero-order valence-corrected chi connectivity index (χ0v) is 21.5. The van der Waals surface area contributed by atoms with Gasteiger partial charge in [-0.05, 0) is 111 Å². The van der Waals surface area contributed by atoms with E-state index in [1.54, 1.807) is 6.08 Å². The molecule has 0 bridgehead atoms. The molecule has 178 valence electrons. The summed E-state index contributed by atoms with van der Waals surface area (Å²) in [4.78, 5) is 12.1. The quantitative estimate of drug-likeness (QED) is 0.467. The summed E-state index contributed by atoms with van der Waals surface area (Å²) in [6.07, 6.45) is 16.0. The van der Waals surface area contributed by atoms with Crippen LogP contribution in [0.2, 0.25) is 0 Å². The topological polar surface area (TPSA) is 61.1 Å². The Hall–Kier alpha value is -2.08. The molecular formula is C30H41NO2. The van der Waals surface area contributed by atoms with Gasteiger partial charge in [0, 0.05) is 5.57 Å². The van der Waals surface area contributed by atoms with Gasteiger partial charge < -0.3 is 5.11 Å². The van der Waals surface area contributed by atoms with Gasteiger partial charge in [0.1, 0.15) is 0 Å². The van der Waals surface area contributed by atoms with Crippen molar-refractivity contribution in [1.29, 1.82) is 5.26 Å². The number of hydrogen-bond acceptors (Lipinski definition) is 3. The maximum Gasteiger partial charge on any atom is 0.220 e. The fourth-order valence-electron chi connectivity index (χ4n) is 7.87. The van der Waals surface area contributed by atoms with Crippen LogP contribution >= 0.6 is 0 Å². The van der Waals surface area contributed by atoms with E-state index in [0.29, 0.717) is 16.9 Å². The van der Waals surface area contributed by atoms with Gasteiger partial charge in [0.05, 0.1) is 11.5 Å². The lowest BCUT2D eigenvalue weighted by Crippen LogP contribution is -2.58. The van der Waals surface area contributed by atoms with Crippen LogP contribution in [0.15, 0.2) is 46.3 Å². The minimum absolute atomic E-state index is 0.112. The SMILES string of the molecule is CCC1=CC(=O)C(O)=C(C)/C1=C/C=C1\CCC[C@@]2(C)[C@@H]3C[C@](C)(C#N)CC[C@]3(C)CC[C@]12C. The molecular weight excluding hydrogens is 406 g/mol. The predicted octanol–water partition coefficient (Wildman–Crippen LogP) is 7.92. The summed E-state index contributed by atoms with van der Waals surface area (Å²) in [5.74, 6) is 0.154. The zero-order valence-electron chi connectivity index (χ0n) is 21.5. The Bertz CT molecular complexity index is 1040. The van der Waals surface area contributed by atoms with Gasteiger partial charge in [-0.25, -0.2) is 0 Å². The van der Waals surface area contributed by atoms with Crippen LogP contribution in [0.25, 0.3) is 0 Å². The number of allylic oxidation sites excluding steroid dienone is 7. The number of ketones is 1. The van der Waals surface area contributed by atoms with Crippen molar-refractivity contribution < 1.29 is 9.90 Å². The number of rotatable bonds is 2. The normalized spacial score (nSPS) is 43.7. The Kier molecular flexibility index (Phi) is 5.83. The Morgan fingerprint density at radius 2 is 1.82 bits per heavy atom. The van der Waals surface area contributed by atoms with Gasteiger partial charge in [-0.3, -0.25) is 4.79 Å². The molecule has 3 saturated carbocycles. The van der Waals surface area contributed by atoms with Gasteiger partial charge >= 0.3 is 0 Å². The van der Waals surface area contributed by atoms with E-state index in [4.69, 9.17) is 0 Å². The fraction of sp³-hybridized carbons (Fsp3) is 0.667. The maximum absolute atomic E-state index is 12.1. The first-order valence-electron chi connectivity index (χ1n) is 12.9. The number of nitriles is 1. The highest BCUT2D eigenvalue weighted by Crippen LogP contribution is 2.71. The van der Waals surface area contributed by atoms with Crippen molar-refractivity contribution >= 4 is 5.78 Å². The van der Waals surface area contributed by atoms with E-state index in [2.05, 4.69) is 52.8 Å². The third kappa shape index (κ3) is 3.56. The van der Waals surface area contributed by atoms with E-state index >= 15 is 0 Å². The molecule has 0 radical (unpaired) electrons. The van der Waals surface area contributed by atoms with Gasteiger partial charge in [0.25, 0.3) is 0 Å². The van der Waals surface area contributed by atoms with Gasteiger partial charge in [0.15, 0.2) is 5.76 Å². The van der Waals surface area contributed by atoms with Gasteiger partial charge in [-0.1, -0.05) is 45.4 Å². The van der Waals surface area contributed by atoms with Crippen LogP contribution in [-0.2, 0) is 4.79 Å². The van der Waals surface area contributed by atoms with E-state index in [-0.39, 0.29) is 27.8 Å². The van der Waals surface area contributed by atoms with E-state index in [9.17, 15) is 15.2 Å². The van der Waals surface area contributed by atoms with Crippen LogP contribution in [-0.4, -0.2) is 10.9 Å². The number of carbonyl (C=O) groups excluding carboxylic acids is 1. The molecule has 0 amide bonds. The predicted molar refractivity (Wildman–Crippen MR) is 133 cm³/mol. The molecule has 5 atom stereocenters. The summed E-state index contributed by atoms with van der Waals surface area (Å²) >= 11 is 0. The molecule has 4 aliphatic carbocycles. The highest BCUT2D eigenvalue weighted by Gasteiger charge is 2.63. The second-order valence-electron chi connectivity index (χ2n) is 12.3. The molecule has 4 rings (SSSR count). The van der Waals surface area contributed by atoms with Crippen molar-refractivity contribution in [3.63, 3.8) is 0 Å². The van der Waals surface area contributed by atoms with Crippen LogP contribution in [0.1, 0.15) is 99.3 Å². The van der Waals surface area contributed by atoms with E-state index < -0.39 is 0 Å². The zero-order chi connectivity index (χ0) is 24.2. The van der Waals surface area contributed by atoms with Crippen LogP contribution in [0.4, 0.5) is 0 Å². The molecule has 0 spiro atoms. The molecule has 0 heterocycles. The summed E-state index contributed by atoms with van der Waals surface area (Å²) in [6, 6.07) is 2.67. The minimum Gasteiger partial charge on any atom is -0.504 e. The fourth-order valence-corrected chi connectivity index (χ4v) is 7.87. The highest BCUT2D eigenvalue weighted by molar-refractivity contribution is 6.06. The second kappa shape index (κ2) is 8.00. The largest absolute Gasteiger partial charge is 0.504 e. The van der Waals surface area contributed by atoms with Crippen LogP contribution in [0.3, 0.4) is 0 Å². The van der Waals surface area contributed by atoms with Crippen molar-refractivity contribution in [3.8, 4) is 6.07 Å². The summed E-state index contributed by atoms with van der Waals surface area (Å²) in [5.41, 5.74) is 4.61. The van der Waals surface area contributed by atoms with Gasteiger partial charge in [-0.2, -0.15) is 5.26 Å². The minimum atomic E-state index is -0.282. The average Bonchev–Trinajstić information content (AvgIpc) is 2.79. The monoisotopic (exact) mass is 447 g/mol. The number of carbonyl (C=O) groups is 1. The highest BCUT2D eigenvalue weighted by atomic mass is 16.3. The third-order valence-electron chi connectivity index (χ3n) is 10.6. The second-order valence-corrected chi connectivity index (χ2v) is 12.3. The van der Waals surface area contributed by atoms with Crippen molar-refractivity contribution in [2.45, 2.75) is 99.3 Å². The molecule has 4 aliphatic rings. The molecule has 0 saturated heterocycles. The lowest BCUT2D eigenvalue weighted by Gasteiger charge is -2.67. The lowest BCUT2D eigenvalue weighted by atomic mass is 9.37. The number of fused-ring (bicyclic) bond motifs is 3. The van der Waals surface area contributed by atoms with E-state index in [0.717, 1.165) is 36.8 Å². The van der Waals surface area contributed by atoms with Gasteiger partial charge in [0.2, 0.25) is 5.78 Å².